The second kappa shape index (κ2) is 6.43. The van der Waals surface area contributed by atoms with E-state index < -0.39 is 11.7 Å². The van der Waals surface area contributed by atoms with Crippen LogP contribution in [0.3, 0.4) is 0 Å². The second-order valence-electron chi connectivity index (χ2n) is 5.81. The summed E-state index contributed by atoms with van der Waals surface area (Å²) in [5, 5.41) is 2.76. The minimum absolute atomic E-state index is 0.0974. The lowest BCUT2D eigenvalue weighted by molar-refractivity contribution is -0.122. The Bertz CT molecular complexity index is 570. The maximum atomic E-state index is 13.3. The normalized spacial score (nSPS) is 11.1. The third kappa shape index (κ3) is 5.00. The fourth-order valence-electron chi connectivity index (χ4n) is 1.68. The van der Waals surface area contributed by atoms with Gasteiger partial charge >= 0.3 is 0 Å². The molecular formula is C14H19BrFN3O2. The van der Waals surface area contributed by atoms with Crippen LogP contribution >= 0.6 is 15.9 Å². The summed E-state index contributed by atoms with van der Waals surface area (Å²) >= 11 is 3.12. The molecule has 0 radical (unpaired) electrons. The van der Waals surface area contributed by atoms with Gasteiger partial charge in [0, 0.05) is 17.1 Å². The van der Waals surface area contributed by atoms with Crippen LogP contribution in [0.15, 0.2) is 16.6 Å². The Kier molecular flexibility index (Phi) is 5.33. The molecule has 1 aromatic carbocycles. The standard InChI is InChI=1S/C14H19BrFN3O2/c1-14(2,3)18-12(20)7-19(4)13(21)8-5-11(17)10(16)6-9(8)15/h5-6H,7,17H2,1-4H3,(H,18,20). The Hall–Kier alpha value is -1.63. The third-order valence-electron chi connectivity index (χ3n) is 2.56. The summed E-state index contributed by atoms with van der Waals surface area (Å²) < 4.78 is 13.6. The van der Waals surface area contributed by atoms with E-state index in [0.29, 0.717) is 4.47 Å². The van der Waals surface area contributed by atoms with Crippen molar-refractivity contribution in [1.29, 1.82) is 0 Å². The maximum Gasteiger partial charge on any atom is 0.255 e. The fraction of sp³-hybridized carbons (Fsp3) is 0.429. The van der Waals surface area contributed by atoms with Crippen LogP contribution in [0.4, 0.5) is 10.1 Å². The van der Waals surface area contributed by atoms with Gasteiger partial charge in [-0.15, -0.1) is 0 Å². The number of hydrogen-bond donors (Lipinski definition) is 2. The topological polar surface area (TPSA) is 75.4 Å². The van der Waals surface area contributed by atoms with Crippen molar-refractivity contribution in [3.8, 4) is 0 Å². The van der Waals surface area contributed by atoms with E-state index in [1.165, 1.54) is 18.0 Å². The Balaban J connectivity index is 2.84. The van der Waals surface area contributed by atoms with E-state index in [0.717, 1.165) is 6.07 Å². The van der Waals surface area contributed by atoms with Crippen LogP contribution in [0.2, 0.25) is 0 Å². The molecule has 0 aliphatic heterocycles. The maximum absolute atomic E-state index is 13.3. The number of amides is 2. The quantitative estimate of drug-likeness (QED) is 0.812. The smallest absolute Gasteiger partial charge is 0.255 e. The predicted octanol–water partition coefficient (Wildman–Crippen LogP) is 2.16. The molecule has 0 atom stereocenters. The van der Waals surface area contributed by atoms with E-state index in [1.54, 1.807) is 0 Å². The Morgan fingerprint density at radius 2 is 1.95 bits per heavy atom. The molecule has 0 aliphatic carbocycles. The molecule has 116 valence electrons. The minimum Gasteiger partial charge on any atom is -0.396 e. The first-order chi connectivity index (χ1) is 9.51. The molecule has 21 heavy (non-hydrogen) atoms. The highest BCUT2D eigenvalue weighted by atomic mass is 79.9. The van der Waals surface area contributed by atoms with Crippen molar-refractivity contribution in [3.05, 3.63) is 28.0 Å². The summed E-state index contributed by atoms with van der Waals surface area (Å²) in [5.41, 5.74) is 5.18. The zero-order chi connectivity index (χ0) is 16.4. The Labute approximate surface area is 131 Å². The number of halogens is 2. The van der Waals surface area contributed by atoms with E-state index in [2.05, 4.69) is 21.2 Å². The van der Waals surface area contributed by atoms with Crippen molar-refractivity contribution in [1.82, 2.24) is 10.2 Å². The molecule has 0 fully saturated rings. The molecule has 1 aromatic rings. The van der Waals surface area contributed by atoms with E-state index in [4.69, 9.17) is 5.73 Å². The first-order valence-corrected chi connectivity index (χ1v) is 7.11. The molecule has 0 unspecified atom stereocenters. The number of carbonyl (C=O) groups is 2. The predicted molar refractivity (Wildman–Crippen MR) is 83.4 cm³/mol. The first-order valence-electron chi connectivity index (χ1n) is 6.32. The van der Waals surface area contributed by atoms with Crippen molar-refractivity contribution in [2.24, 2.45) is 0 Å². The molecule has 1 rings (SSSR count). The lowest BCUT2D eigenvalue weighted by Crippen LogP contribution is -2.46. The Morgan fingerprint density at radius 3 is 2.48 bits per heavy atom. The fourth-order valence-corrected chi connectivity index (χ4v) is 2.17. The van der Waals surface area contributed by atoms with Crippen LogP contribution < -0.4 is 11.1 Å². The van der Waals surface area contributed by atoms with Gasteiger partial charge in [-0.1, -0.05) is 0 Å². The molecule has 0 heterocycles. The number of nitrogens with two attached hydrogens (primary N) is 1. The summed E-state index contributed by atoms with van der Waals surface area (Å²) in [7, 11) is 1.50. The number of nitrogen functional groups attached to an aromatic ring is 1. The van der Waals surface area contributed by atoms with Crippen molar-refractivity contribution in [2.45, 2.75) is 26.3 Å². The van der Waals surface area contributed by atoms with Gasteiger partial charge in [0.25, 0.3) is 5.91 Å². The SMILES string of the molecule is CN(CC(=O)NC(C)(C)C)C(=O)c1cc(N)c(F)cc1Br. The number of nitrogens with one attached hydrogen (secondary N) is 1. The van der Waals surface area contributed by atoms with Gasteiger partial charge in [0.2, 0.25) is 5.91 Å². The molecule has 2 amide bonds. The molecule has 0 aliphatic rings. The lowest BCUT2D eigenvalue weighted by atomic mass is 10.1. The summed E-state index contributed by atoms with van der Waals surface area (Å²) in [4.78, 5) is 25.3. The van der Waals surface area contributed by atoms with Gasteiger partial charge in [0.05, 0.1) is 17.8 Å². The Morgan fingerprint density at radius 1 is 1.38 bits per heavy atom. The molecule has 5 nitrogen and oxygen atoms in total. The molecule has 0 bridgehead atoms. The summed E-state index contributed by atoms with van der Waals surface area (Å²) in [6.07, 6.45) is 0. The van der Waals surface area contributed by atoms with Gasteiger partial charge in [-0.2, -0.15) is 0 Å². The highest BCUT2D eigenvalue weighted by Crippen LogP contribution is 2.23. The average Bonchev–Trinajstić information content (AvgIpc) is 2.30. The molecule has 3 N–H and O–H groups in total. The minimum atomic E-state index is -0.605. The molecule has 7 heteroatoms. The number of anilines is 1. The van der Waals surface area contributed by atoms with Crippen LogP contribution in [0, 0.1) is 5.82 Å². The number of hydrogen-bond acceptors (Lipinski definition) is 3. The number of nitrogens with zero attached hydrogens (tertiary/aromatic N) is 1. The summed E-state index contributed by atoms with van der Waals surface area (Å²) in [6, 6.07) is 2.38. The van der Waals surface area contributed by atoms with Crippen LogP contribution in [-0.2, 0) is 4.79 Å². The highest BCUT2D eigenvalue weighted by Gasteiger charge is 2.21. The second-order valence-corrected chi connectivity index (χ2v) is 6.67. The number of carbonyl (C=O) groups excluding carboxylic acids is 2. The van der Waals surface area contributed by atoms with Crippen molar-refractivity contribution in [2.75, 3.05) is 19.3 Å². The molecule has 0 aromatic heterocycles. The summed E-state index contributed by atoms with van der Waals surface area (Å²) in [6.45, 7) is 5.46. The van der Waals surface area contributed by atoms with E-state index in [-0.39, 0.29) is 29.2 Å². The van der Waals surface area contributed by atoms with Crippen LogP contribution in [-0.4, -0.2) is 35.8 Å². The van der Waals surface area contributed by atoms with Gasteiger partial charge < -0.3 is 16.0 Å². The molecule has 0 saturated carbocycles. The number of rotatable bonds is 3. The van der Waals surface area contributed by atoms with E-state index in [1.807, 2.05) is 20.8 Å². The van der Waals surface area contributed by atoms with Crippen LogP contribution in [0.25, 0.3) is 0 Å². The zero-order valence-electron chi connectivity index (χ0n) is 12.5. The van der Waals surface area contributed by atoms with Gasteiger partial charge in [0.15, 0.2) is 0 Å². The highest BCUT2D eigenvalue weighted by molar-refractivity contribution is 9.10. The van der Waals surface area contributed by atoms with E-state index in [9.17, 15) is 14.0 Å². The van der Waals surface area contributed by atoms with Crippen molar-refractivity contribution < 1.29 is 14.0 Å². The largest absolute Gasteiger partial charge is 0.396 e. The zero-order valence-corrected chi connectivity index (χ0v) is 14.0. The van der Waals surface area contributed by atoms with Crippen LogP contribution in [0.1, 0.15) is 31.1 Å². The van der Waals surface area contributed by atoms with Crippen molar-refractivity contribution in [3.63, 3.8) is 0 Å². The van der Waals surface area contributed by atoms with Crippen molar-refractivity contribution >= 4 is 33.4 Å². The summed E-state index contributed by atoms with van der Waals surface area (Å²) in [5.74, 6) is -1.30. The van der Waals surface area contributed by atoms with Gasteiger partial charge in [-0.05, 0) is 48.8 Å². The molecule has 0 saturated heterocycles. The molecular weight excluding hydrogens is 341 g/mol. The molecule has 0 spiro atoms. The lowest BCUT2D eigenvalue weighted by Gasteiger charge is -2.23. The number of benzene rings is 1. The average molecular weight is 360 g/mol. The van der Waals surface area contributed by atoms with E-state index >= 15 is 0 Å². The van der Waals surface area contributed by atoms with Gasteiger partial charge in [-0.25, -0.2) is 4.39 Å². The van der Waals surface area contributed by atoms with Crippen LogP contribution in [0.5, 0.6) is 0 Å². The van der Waals surface area contributed by atoms with Gasteiger partial charge in [0.1, 0.15) is 5.82 Å². The monoisotopic (exact) mass is 359 g/mol. The first kappa shape index (κ1) is 17.4. The number of likely N-dealkylation sites (N-methyl/N-ethyl adjacent to an activating group) is 1. The third-order valence-corrected chi connectivity index (χ3v) is 3.21. The van der Waals surface area contributed by atoms with Gasteiger partial charge in [-0.3, -0.25) is 9.59 Å².